The third kappa shape index (κ3) is 4.01. The van der Waals surface area contributed by atoms with Crippen LogP contribution in [0.3, 0.4) is 0 Å². The molecule has 0 radical (unpaired) electrons. The van der Waals surface area contributed by atoms with E-state index in [-0.39, 0.29) is 5.75 Å². The van der Waals surface area contributed by atoms with Gasteiger partial charge in [-0.25, -0.2) is 9.37 Å². The second-order valence-electron chi connectivity index (χ2n) is 6.56. The minimum absolute atomic E-state index is 0.0865. The molecule has 0 saturated heterocycles. The van der Waals surface area contributed by atoms with Gasteiger partial charge in [0, 0.05) is 24.9 Å². The molecule has 0 fully saturated rings. The molecular weight excluding hydrogens is 389 g/mol. The number of rotatable bonds is 7. The van der Waals surface area contributed by atoms with Crippen LogP contribution >= 0.6 is 0 Å². The van der Waals surface area contributed by atoms with Crippen LogP contribution in [-0.4, -0.2) is 33.8 Å². The van der Waals surface area contributed by atoms with Gasteiger partial charge in [-0.05, 0) is 36.8 Å². The van der Waals surface area contributed by atoms with Crippen molar-refractivity contribution in [3.05, 3.63) is 65.9 Å². The Balaban J connectivity index is 1.60. The van der Waals surface area contributed by atoms with Crippen molar-refractivity contribution in [2.24, 2.45) is 0 Å². The van der Waals surface area contributed by atoms with Crippen molar-refractivity contribution in [2.45, 2.75) is 13.5 Å². The molecule has 0 aliphatic rings. The van der Waals surface area contributed by atoms with Crippen molar-refractivity contribution in [1.29, 1.82) is 0 Å². The third-order valence-corrected chi connectivity index (χ3v) is 4.34. The summed E-state index contributed by atoms with van der Waals surface area (Å²) in [4.78, 5) is 8.45. The van der Waals surface area contributed by atoms with E-state index in [1.807, 2.05) is 19.1 Å². The molecule has 0 unspecified atom stereocenters. The molecule has 2 heterocycles. The number of methoxy groups -OCH3 is 2. The minimum atomic E-state index is -0.524. The van der Waals surface area contributed by atoms with E-state index < -0.39 is 5.82 Å². The van der Waals surface area contributed by atoms with Crippen molar-refractivity contribution in [3.63, 3.8) is 0 Å². The summed E-state index contributed by atoms with van der Waals surface area (Å²) in [6.45, 7) is 2.26. The molecule has 2 aromatic heterocycles. The quantitative estimate of drug-likeness (QED) is 0.488. The van der Waals surface area contributed by atoms with Crippen LogP contribution in [-0.2, 0) is 11.3 Å². The van der Waals surface area contributed by atoms with Gasteiger partial charge in [-0.2, -0.15) is 14.6 Å². The van der Waals surface area contributed by atoms with E-state index in [1.54, 1.807) is 38.5 Å². The van der Waals surface area contributed by atoms with Gasteiger partial charge in [0.2, 0.25) is 0 Å². The van der Waals surface area contributed by atoms with Crippen LogP contribution in [0.25, 0.3) is 5.78 Å². The summed E-state index contributed by atoms with van der Waals surface area (Å²) < 4.78 is 32.4. The second-order valence-corrected chi connectivity index (χ2v) is 6.56. The number of hydrogen-bond donors (Lipinski definition) is 1. The first kappa shape index (κ1) is 19.6. The highest BCUT2D eigenvalue weighted by Crippen LogP contribution is 2.34. The Morgan fingerprint density at radius 2 is 1.87 bits per heavy atom. The first-order chi connectivity index (χ1) is 14.6. The third-order valence-electron chi connectivity index (χ3n) is 4.34. The Labute approximate surface area is 172 Å². The average molecular weight is 409 g/mol. The largest absolute Gasteiger partial charge is 0.493 e. The van der Waals surface area contributed by atoms with Gasteiger partial charge in [-0.15, -0.1) is 0 Å². The summed E-state index contributed by atoms with van der Waals surface area (Å²) in [5, 5.41) is 7.28. The average Bonchev–Trinajstić information content (AvgIpc) is 3.20. The molecule has 0 aliphatic carbocycles. The Hall–Kier alpha value is -3.72. The van der Waals surface area contributed by atoms with Crippen LogP contribution in [0.4, 0.5) is 15.9 Å². The van der Waals surface area contributed by atoms with E-state index in [0.29, 0.717) is 41.1 Å². The van der Waals surface area contributed by atoms with E-state index in [1.165, 1.54) is 16.9 Å². The lowest BCUT2D eigenvalue weighted by Gasteiger charge is -2.13. The molecule has 9 heteroatoms. The van der Waals surface area contributed by atoms with E-state index in [2.05, 4.69) is 20.4 Å². The Morgan fingerprint density at radius 1 is 1.03 bits per heavy atom. The lowest BCUT2D eigenvalue weighted by atomic mass is 10.2. The number of fused-ring (bicyclic) bond motifs is 1. The summed E-state index contributed by atoms with van der Waals surface area (Å²) >= 11 is 0. The summed E-state index contributed by atoms with van der Waals surface area (Å²) in [6.07, 6.45) is 1.40. The zero-order valence-electron chi connectivity index (χ0n) is 16.7. The van der Waals surface area contributed by atoms with Crippen molar-refractivity contribution in [3.8, 4) is 17.2 Å². The van der Waals surface area contributed by atoms with Crippen molar-refractivity contribution in [2.75, 3.05) is 19.5 Å². The molecule has 4 rings (SSSR count). The van der Waals surface area contributed by atoms with E-state index >= 15 is 0 Å². The first-order valence-electron chi connectivity index (χ1n) is 9.15. The molecule has 0 spiro atoms. The SMILES string of the molecule is COCc1cc(Nc2ccc(Oc3ccc(C)cc3OC)c(F)c2)n2ncnc2n1. The number of nitrogens with one attached hydrogen (secondary N) is 1. The zero-order chi connectivity index (χ0) is 21.1. The van der Waals surface area contributed by atoms with Gasteiger partial charge in [0.15, 0.2) is 23.1 Å². The predicted octanol–water partition coefficient (Wildman–Crippen LogP) is 4.26. The van der Waals surface area contributed by atoms with Crippen molar-refractivity contribution >= 4 is 17.3 Å². The van der Waals surface area contributed by atoms with Crippen LogP contribution in [0.5, 0.6) is 17.2 Å². The number of aromatic nitrogens is 4. The molecule has 2 aromatic carbocycles. The number of nitrogens with zero attached hydrogens (tertiary/aromatic N) is 4. The highest BCUT2D eigenvalue weighted by atomic mass is 19.1. The lowest BCUT2D eigenvalue weighted by molar-refractivity contribution is 0.181. The Kier molecular flexibility index (Phi) is 5.44. The number of ether oxygens (including phenoxy) is 3. The van der Waals surface area contributed by atoms with E-state index in [0.717, 1.165) is 5.56 Å². The van der Waals surface area contributed by atoms with Crippen LogP contribution < -0.4 is 14.8 Å². The molecule has 30 heavy (non-hydrogen) atoms. The highest BCUT2D eigenvalue weighted by Gasteiger charge is 2.12. The minimum Gasteiger partial charge on any atom is -0.493 e. The maximum atomic E-state index is 14.7. The van der Waals surface area contributed by atoms with Gasteiger partial charge in [0.05, 0.1) is 19.4 Å². The highest BCUT2D eigenvalue weighted by molar-refractivity contribution is 5.60. The second kappa shape index (κ2) is 8.34. The Morgan fingerprint density at radius 3 is 2.63 bits per heavy atom. The van der Waals surface area contributed by atoms with Crippen molar-refractivity contribution in [1.82, 2.24) is 19.6 Å². The van der Waals surface area contributed by atoms with Gasteiger partial charge >= 0.3 is 0 Å². The molecule has 0 amide bonds. The zero-order valence-corrected chi connectivity index (χ0v) is 16.7. The van der Waals surface area contributed by atoms with E-state index in [9.17, 15) is 4.39 Å². The monoisotopic (exact) mass is 409 g/mol. The fraction of sp³-hybridized carbons (Fsp3) is 0.190. The molecule has 4 aromatic rings. The molecule has 0 bridgehead atoms. The van der Waals surface area contributed by atoms with Gasteiger partial charge in [-0.3, -0.25) is 0 Å². The smallest absolute Gasteiger partial charge is 0.254 e. The fourth-order valence-corrected chi connectivity index (χ4v) is 2.96. The fourth-order valence-electron chi connectivity index (χ4n) is 2.96. The van der Waals surface area contributed by atoms with Gasteiger partial charge < -0.3 is 19.5 Å². The molecule has 1 N–H and O–H groups in total. The first-order valence-corrected chi connectivity index (χ1v) is 9.15. The standard InChI is InChI=1S/C21H20FN5O3/c1-13-4-6-18(19(8-13)29-3)30-17-7-5-14(9-16(17)22)25-20-10-15(11-28-2)26-21-23-12-24-27(20)21/h4-10,12,25H,11H2,1-3H3. The number of halogens is 1. The maximum Gasteiger partial charge on any atom is 0.254 e. The summed E-state index contributed by atoms with van der Waals surface area (Å²) in [5.41, 5.74) is 2.21. The summed E-state index contributed by atoms with van der Waals surface area (Å²) in [6, 6.07) is 11.8. The number of benzene rings is 2. The predicted molar refractivity (Wildman–Crippen MR) is 109 cm³/mol. The lowest BCUT2D eigenvalue weighted by Crippen LogP contribution is -2.05. The number of hydrogen-bond acceptors (Lipinski definition) is 7. The van der Waals surface area contributed by atoms with Crippen molar-refractivity contribution < 1.29 is 18.6 Å². The van der Waals surface area contributed by atoms with Crippen LogP contribution in [0.15, 0.2) is 48.8 Å². The topological polar surface area (TPSA) is 82.8 Å². The number of anilines is 2. The molecule has 0 aliphatic heterocycles. The van der Waals surface area contributed by atoms with Crippen LogP contribution in [0, 0.1) is 12.7 Å². The molecule has 0 saturated carbocycles. The molecular formula is C21H20FN5O3. The Bertz CT molecular complexity index is 1190. The molecule has 8 nitrogen and oxygen atoms in total. The molecule has 0 atom stereocenters. The normalized spacial score (nSPS) is 10.9. The van der Waals surface area contributed by atoms with Crippen LogP contribution in [0.2, 0.25) is 0 Å². The van der Waals surface area contributed by atoms with E-state index in [4.69, 9.17) is 14.2 Å². The van der Waals surface area contributed by atoms with Crippen LogP contribution in [0.1, 0.15) is 11.3 Å². The van der Waals surface area contributed by atoms with Gasteiger partial charge in [-0.1, -0.05) is 6.07 Å². The summed E-state index contributed by atoms with van der Waals surface area (Å²) in [5.74, 6) is 1.53. The summed E-state index contributed by atoms with van der Waals surface area (Å²) in [7, 11) is 3.13. The maximum absolute atomic E-state index is 14.7. The van der Waals surface area contributed by atoms with Gasteiger partial charge in [0.25, 0.3) is 5.78 Å². The molecule has 154 valence electrons. The van der Waals surface area contributed by atoms with Gasteiger partial charge in [0.1, 0.15) is 12.1 Å². The number of aryl methyl sites for hydroxylation is 1.